The van der Waals surface area contributed by atoms with E-state index < -0.39 is 0 Å². The standard InChI is InChI=1S/C52H33NO/c1-3-13-40-34(11-1)27-32-46-41(18-9-20-44(40)46)35-23-28-38(29-24-35)53(50-33-37-12-2-4-14-42(37)45-15-5-6-16-47(45)50)39-30-25-36(26-31-39)43-19-10-21-49-48-17-7-8-22-51(48)54-52(43)49/h1-33H. The van der Waals surface area contributed by atoms with Crippen molar-refractivity contribution in [2.45, 2.75) is 0 Å². The van der Waals surface area contributed by atoms with Gasteiger partial charge in [0.1, 0.15) is 11.2 Å². The summed E-state index contributed by atoms with van der Waals surface area (Å²) < 4.78 is 6.43. The molecule has 10 aromatic carbocycles. The topological polar surface area (TPSA) is 16.4 Å². The van der Waals surface area contributed by atoms with E-state index >= 15 is 0 Å². The fraction of sp³-hybridized carbons (Fsp3) is 0. The highest BCUT2D eigenvalue weighted by Crippen LogP contribution is 2.44. The Labute approximate surface area is 312 Å². The van der Waals surface area contributed by atoms with Gasteiger partial charge < -0.3 is 9.32 Å². The molecular weight excluding hydrogens is 655 g/mol. The van der Waals surface area contributed by atoms with Crippen molar-refractivity contribution < 1.29 is 4.42 Å². The molecule has 0 amide bonds. The van der Waals surface area contributed by atoms with Crippen LogP contribution in [-0.4, -0.2) is 0 Å². The first-order valence-corrected chi connectivity index (χ1v) is 18.5. The monoisotopic (exact) mass is 687 g/mol. The molecule has 0 aliphatic rings. The zero-order valence-electron chi connectivity index (χ0n) is 29.4. The van der Waals surface area contributed by atoms with E-state index in [0.29, 0.717) is 0 Å². The SMILES string of the molecule is c1ccc2c(c1)ccc1c(-c3ccc(N(c4ccc(-c5cccc6c5oc5ccccc56)cc4)c4cc5ccccc5c5ccccc45)cc3)cccc12. The Morgan fingerprint density at radius 2 is 0.833 bits per heavy atom. The summed E-state index contributed by atoms with van der Waals surface area (Å²) in [6.07, 6.45) is 0. The van der Waals surface area contributed by atoms with Crippen molar-refractivity contribution >= 4 is 82.1 Å². The number of fused-ring (bicyclic) bond motifs is 9. The summed E-state index contributed by atoms with van der Waals surface area (Å²) >= 11 is 0. The van der Waals surface area contributed by atoms with Gasteiger partial charge in [0, 0.05) is 33.1 Å². The van der Waals surface area contributed by atoms with Crippen LogP contribution in [0, 0.1) is 0 Å². The van der Waals surface area contributed by atoms with Crippen LogP contribution < -0.4 is 4.90 Å². The maximum absolute atomic E-state index is 6.43. The molecule has 0 aliphatic carbocycles. The van der Waals surface area contributed by atoms with Crippen LogP contribution in [0.25, 0.3) is 87.3 Å². The molecule has 0 radical (unpaired) electrons. The molecule has 0 aliphatic heterocycles. The molecule has 11 rings (SSSR count). The van der Waals surface area contributed by atoms with E-state index in [4.69, 9.17) is 4.42 Å². The Kier molecular flexibility index (Phi) is 6.90. The fourth-order valence-corrected chi connectivity index (χ4v) is 8.49. The zero-order chi connectivity index (χ0) is 35.6. The van der Waals surface area contributed by atoms with Gasteiger partial charge in [-0.25, -0.2) is 0 Å². The second kappa shape index (κ2) is 12.2. The number of hydrogen-bond acceptors (Lipinski definition) is 2. The van der Waals surface area contributed by atoms with Crippen molar-refractivity contribution in [3.8, 4) is 22.3 Å². The van der Waals surface area contributed by atoms with E-state index in [1.165, 1.54) is 54.2 Å². The Morgan fingerprint density at radius 1 is 0.315 bits per heavy atom. The number of rotatable bonds is 5. The van der Waals surface area contributed by atoms with Crippen LogP contribution in [0.4, 0.5) is 17.1 Å². The second-order valence-electron chi connectivity index (χ2n) is 14.1. The van der Waals surface area contributed by atoms with Gasteiger partial charge in [0.2, 0.25) is 0 Å². The third kappa shape index (κ3) is 4.81. The summed E-state index contributed by atoms with van der Waals surface area (Å²) in [6, 6.07) is 72.3. The zero-order valence-corrected chi connectivity index (χ0v) is 29.4. The molecule has 0 fully saturated rings. The third-order valence-corrected chi connectivity index (χ3v) is 11.1. The van der Waals surface area contributed by atoms with Crippen molar-refractivity contribution in [3.05, 3.63) is 200 Å². The normalized spacial score (nSPS) is 11.7. The number of benzene rings is 10. The van der Waals surface area contributed by atoms with E-state index in [-0.39, 0.29) is 0 Å². The van der Waals surface area contributed by atoms with Crippen molar-refractivity contribution in [3.63, 3.8) is 0 Å². The van der Waals surface area contributed by atoms with Crippen LogP contribution in [0.15, 0.2) is 205 Å². The number of furan rings is 1. The Morgan fingerprint density at radius 3 is 1.57 bits per heavy atom. The van der Waals surface area contributed by atoms with Gasteiger partial charge in [-0.2, -0.15) is 0 Å². The molecule has 0 unspecified atom stereocenters. The van der Waals surface area contributed by atoms with Gasteiger partial charge >= 0.3 is 0 Å². The van der Waals surface area contributed by atoms with E-state index in [9.17, 15) is 0 Å². The predicted octanol–water partition coefficient (Wildman–Crippen LogP) is 15.0. The van der Waals surface area contributed by atoms with Crippen LogP contribution >= 0.6 is 0 Å². The van der Waals surface area contributed by atoms with Crippen LogP contribution in [-0.2, 0) is 0 Å². The molecule has 0 N–H and O–H groups in total. The lowest BCUT2D eigenvalue weighted by Crippen LogP contribution is -2.10. The van der Waals surface area contributed by atoms with Crippen LogP contribution in [0.2, 0.25) is 0 Å². The van der Waals surface area contributed by atoms with Gasteiger partial charge in [-0.05, 0) is 90.8 Å². The predicted molar refractivity (Wildman–Crippen MR) is 229 cm³/mol. The first kappa shape index (κ1) is 30.5. The first-order valence-electron chi connectivity index (χ1n) is 18.5. The van der Waals surface area contributed by atoms with Crippen molar-refractivity contribution in [1.82, 2.24) is 0 Å². The van der Waals surface area contributed by atoms with E-state index in [0.717, 1.165) is 50.1 Å². The van der Waals surface area contributed by atoms with Crippen LogP contribution in [0.3, 0.4) is 0 Å². The van der Waals surface area contributed by atoms with Gasteiger partial charge in [-0.3, -0.25) is 0 Å². The maximum atomic E-state index is 6.43. The Bertz CT molecular complexity index is 3210. The summed E-state index contributed by atoms with van der Waals surface area (Å²) in [5.41, 5.74) is 9.77. The van der Waals surface area contributed by atoms with Crippen molar-refractivity contribution in [2.75, 3.05) is 4.90 Å². The van der Waals surface area contributed by atoms with Gasteiger partial charge in [-0.15, -0.1) is 0 Å². The lowest BCUT2D eigenvalue weighted by molar-refractivity contribution is 0.670. The van der Waals surface area contributed by atoms with Gasteiger partial charge in [0.05, 0.1) is 5.69 Å². The molecule has 1 heterocycles. The molecule has 1 aromatic heterocycles. The summed E-state index contributed by atoms with van der Waals surface area (Å²) in [5.74, 6) is 0. The highest BCUT2D eigenvalue weighted by atomic mass is 16.3. The smallest absolute Gasteiger partial charge is 0.143 e. The minimum atomic E-state index is 0.909. The quantitative estimate of drug-likeness (QED) is 0.168. The van der Waals surface area contributed by atoms with E-state index in [2.05, 4.69) is 193 Å². The summed E-state index contributed by atoms with van der Waals surface area (Å²) in [5, 5.41) is 12.3. The molecule has 0 spiro atoms. The molecule has 2 heteroatoms. The van der Waals surface area contributed by atoms with Crippen LogP contribution in [0.5, 0.6) is 0 Å². The van der Waals surface area contributed by atoms with Gasteiger partial charge in [-0.1, -0.05) is 164 Å². The van der Waals surface area contributed by atoms with E-state index in [1.54, 1.807) is 0 Å². The summed E-state index contributed by atoms with van der Waals surface area (Å²) in [4.78, 5) is 2.40. The molecule has 11 aromatic rings. The fourth-order valence-electron chi connectivity index (χ4n) is 8.49. The summed E-state index contributed by atoms with van der Waals surface area (Å²) in [7, 11) is 0. The number of para-hydroxylation sites is 2. The Hall–Kier alpha value is -7.16. The summed E-state index contributed by atoms with van der Waals surface area (Å²) in [6.45, 7) is 0. The average molecular weight is 688 g/mol. The lowest BCUT2D eigenvalue weighted by atomic mass is 9.94. The second-order valence-corrected chi connectivity index (χ2v) is 14.1. The Balaban J connectivity index is 1.07. The molecule has 252 valence electrons. The maximum Gasteiger partial charge on any atom is 0.143 e. The average Bonchev–Trinajstić information content (AvgIpc) is 3.63. The first-order chi connectivity index (χ1) is 26.8. The number of anilines is 3. The molecule has 0 saturated carbocycles. The van der Waals surface area contributed by atoms with Gasteiger partial charge in [0.25, 0.3) is 0 Å². The number of nitrogens with zero attached hydrogens (tertiary/aromatic N) is 1. The minimum Gasteiger partial charge on any atom is -0.455 e. The minimum absolute atomic E-state index is 0.909. The largest absolute Gasteiger partial charge is 0.455 e. The molecule has 2 nitrogen and oxygen atoms in total. The highest BCUT2D eigenvalue weighted by Gasteiger charge is 2.19. The van der Waals surface area contributed by atoms with Crippen LogP contribution in [0.1, 0.15) is 0 Å². The molecule has 0 bridgehead atoms. The lowest BCUT2D eigenvalue weighted by Gasteiger charge is -2.28. The third-order valence-electron chi connectivity index (χ3n) is 11.1. The van der Waals surface area contributed by atoms with Crippen molar-refractivity contribution in [1.29, 1.82) is 0 Å². The number of hydrogen-bond donors (Lipinski definition) is 0. The highest BCUT2D eigenvalue weighted by molar-refractivity contribution is 6.15. The van der Waals surface area contributed by atoms with Gasteiger partial charge in [0.15, 0.2) is 0 Å². The van der Waals surface area contributed by atoms with Crippen molar-refractivity contribution in [2.24, 2.45) is 0 Å². The van der Waals surface area contributed by atoms with E-state index in [1.807, 2.05) is 12.1 Å². The molecule has 0 saturated heterocycles. The molecule has 54 heavy (non-hydrogen) atoms. The molecule has 0 atom stereocenters. The molecular formula is C52H33NO.